The van der Waals surface area contributed by atoms with E-state index in [-0.39, 0.29) is 0 Å². The van der Waals surface area contributed by atoms with Crippen LogP contribution in [0.1, 0.15) is 5.56 Å². The summed E-state index contributed by atoms with van der Waals surface area (Å²) in [6.45, 7) is 17.8. The summed E-state index contributed by atoms with van der Waals surface area (Å²) in [7, 11) is -3.07. The molecule has 0 fully saturated rings. The standard InChI is InChI=1S/C16H25NOSi2/c1-13(18-20(5,6)7)15-12-17(19(2,3)4)16-11-9-8-10-14(15)16/h8-12H,1H2,2-7H3. The van der Waals surface area contributed by atoms with Crippen molar-refractivity contribution in [2.45, 2.75) is 39.3 Å². The Labute approximate surface area is 124 Å². The minimum Gasteiger partial charge on any atom is -0.544 e. The lowest BCUT2D eigenvalue weighted by Gasteiger charge is -2.21. The summed E-state index contributed by atoms with van der Waals surface area (Å²) in [6, 6.07) is 8.55. The van der Waals surface area contributed by atoms with Crippen LogP contribution in [0.15, 0.2) is 37.0 Å². The van der Waals surface area contributed by atoms with E-state index in [1.165, 1.54) is 10.9 Å². The summed E-state index contributed by atoms with van der Waals surface area (Å²) in [5.41, 5.74) is 2.44. The van der Waals surface area contributed by atoms with E-state index in [2.05, 4.69) is 80.6 Å². The van der Waals surface area contributed by atoms with Crippen LogP contribution in [0, 0.1) is 0 Å². The van der Waals surface area contributed by atoms with Crippen molar-refractivity contribution in [3.05, 3.63) is 42.6 Å². The van der Waals surface area contributed by atoms with Crippen LogP contribution in [0.3, 0.4) is 0 Å². The fourth-order valence-corrected chi connectivity index (χ4v) is 4.66. The largest absolute Gasteiger partial charge is 0.544 e. The molecule has 0 saturated heterocycles. The van der Waals surface area contributed by atoms with E-state index in [0.717, 1.165) is 11.3 Å². The molecule has 1 heterocycles. The van der Waals surface area contributed by atoms with Crippen LogP contribution in [0.25, 0.3) is 16.7 Å². The summed E-state index contributed by atoms with van der Waals surface area (Å²) >= 11 is 0. The summed E-state index contributed by atoms with van der Waals surface area (Å²) in [4.78, 5) is 0. The van der Waals surface area contributed by atoms with Gasteiger partial charge in [0.1, 0.15) is 5.76 Å². The third-order valence-corrected chi connectivity index (χ3v) is 5.84. The van der Waals surface area contributed by atoms with Crippen molar-refractivity contribution in [3.63, 3.8) is 0 Å². The first-order valence-corrected chi connectivity index (χ1v) is 13.9. The molecule has 4 heteroatoms. The number of fused-ring (bicyclic) bond motifs is 1. The van der Waals surface area contributed by atoms with E-state index in [4.69, 9.17) is 4.43 Å². The summed E-state index contributed by atoms with van der Waals surface area (Å²) in [6.07, 6.45) is 2.24. The molecular weight excluding hydrogens is 278 g/mol. The molecule has 0 unspecified atom stereocenters. The minimum atomic E-state index is -1.62. The van der Waals surface area contributed by atoms with E-state index in [0.29, 0.717) is 0 Å². The quantitative estimate of drug-likeness (QED) is 0.563. The van der Waals surface area contributed by atoms with Crippen molar-refractivity contribution in [1.29, 1.82) is 0 Å². The molecule has 1 aromatic carbocycles. The van der Waals surface area contributed by atoms with Gasteiger partial charge in [-0.1, -0.05) is 44.4 Å². The maximum Gasteiger partial charge on any atom is 0.242 e. The normalized spacial score (nSPS) is 12.7. The average Bonchev–Trinajstić information content (AvgIpc) is 2.65. The van der Waals surface area contributed by atoms with Crippen LogP contribution in [-0.4, -0.2) is 20.8 Å². The first-order valence-electron chi connectivity index (χ1n) is 7.08. The molecule has 0 spiro atoms. The van der Waals surface area contributed by atoms with E-state index in [1.54, 1.807) is 0 Å². The van der Waals surface area contributed by atoms with Gasteiger partial charge in [-0.2, -0.15) is 0 Å². The Bertz CT molecular complexity index is 645. The lowest BCUT2D eigenvalue weighted by Crippen LogP contribution is -2.31. The molecule has 0 N–H and O–H groups in total. The average molecular weight is 304 g/mol. The van der Waals surface area contributed by atoms with Gasteiger partial charge in [0.2, 0.25) is 8.32 Å². The van der Waals surface area contributed by atoms with Gasteiger partial charge >= 0.3 is 0 Å². The zero-order valence-electron chi connectivity index (χ0n) is 13.4. The lowest BCUT2D eigenvalue weighted by molar-refractivity contribution is 0.517. The van der Waals surface area contributed by atoms with Crippen LogP contribution in [-0.2, 0) is 4.43 Å². The van der Waals surface area contributed by atoms with Crippen molar-refractivity contribution >= 4 is 33.2 Å². The van der Waals surface area contributed by atoms with Gasteiger partial charge in [0, 0.05) is 22.7 Å². The van der Waals surface area contributed by atoms with E-state index in [1.807, 2.05) is 0 Å². The van der Waals surface area contributed by atoms with Gasteiger partial charge in [0.05, 0.1) is 0 Å². The first kappa shape index (κ1) is 15.1. The summed E-state index contributed by atoms with van der Waals surface area (Å²) in [5, 5.41) is 1.25. The molecule has 0 aliphatic rings. The second-order valence-electron chi connectivity index (χ2n) is 7.24. The zero-order chi connectivity index (χ0) is 15.1. The molecule has 0 aliphatic carbocycles. The van der Waals surface area contributed by atoms with Crippen molar-refractivity contribution in [1.82, 2.24) is 4.23 Å². The van der Waals surface area contributed by atoms with Crippen LogP contribution in [0.2, 0.25) is 39.3 Å². The number of hydrogen-bond acceptors (Lipinski definition) is 1. The van der Waals surface area contributed by atoms with E-state index in [9.17, 15) is 0 Å². The molecule has 2 rings (SSSR count). The molecular formula is C16H25NOSi2. The monoisotopic (exact) mass is 303 g/mol. The molecule has 0 atom stereocenters. The number of hydrogen-bond donors (Lipinski definition) is 0. The molecule has 108 valence electrons. The molecule has 0 aliphatic heterocycles. The van der Waals surface area contributed by atoms with Crippen LogP contribution >= 0.6 is 0 Å². The Balaban J connectivity index is 2.58. The number of benzene rings is 1. The Morgan fingerprint density at radius 2 is 1.65 bits per heavy atom. The van der Waals surface area contributed by atoms with Gasteiger partial charge in [-0.3, -0.25) is 0 Å². The Morgan fingerprint density at radius 3 is 2.20 bits per heavy atom. The van der Waals surface area contributed by atoms with Crippen LogP contribution < -0.4 is 0 Å². The highest BCUT2D eigenvalue weighted by atomic mass is 28.4. The van der Waals surface area contributed by atoms with Gasteiger partial charge in [-0.05, 0) is 25.7 Å². The molecule has 1 aromatic heterocycles. The van der Waals surface area contributed by atoms with E-state index >= 15 is 0 Å². The predicted molar refractivity (Wildman–Crippen MR) is 94.1 cm³/mol. The highest BCUT2D eigenvalue weighted by Crippen LogP contribution is 2.30. The molecule has 0 saturated carbocycles. The van der Waals surface area contributed by atoms with Crippen molar-refractivity contribution in [2.24, 2.45) is 0 Å². The molecule has 2 nitrogen and oxygen atoms in total. The third-order valence-electron chi connectivity index (χ3n) is 3.16. The van der Waals surface area contributed by atoms with Gasteiger partial charge in [0.15, 0.2) is 8.24 Å². The number of aromatic nitrogens is 1. The third kappa shape index (κ3) is 3.07. The Morgan fingerprint density at radius 1 is 1.05 bits per heavy atom. The second kappa shape index (κ2) is 4.93. The maximum atomic E-state index is 6.10. The van der Waals surface area contributed by atoms with Crippen molar-refractivity contribution in [2.75, 3.05) is 0 Å². The molecule has 2 aromatic rings. The topological polar surface area (TPSA) is 14.2 Å². The highest BCUT2D eigenvalue weighted by Gasteiger charge is 2.23. The second-order valence-corrected chi connectivity index (χ2v) is 16.5. The fourth-order valence-electron chi connectivity index (χ4n) is 2.38. The molecule has 20 heavy (non-hydrogen) atoms. The van der Waals surface area contributed by atoms with Gasteiger partial charge < -0.3 is 8.66 Å². The number of nitrogens with zero attached hydrogens (tertiary/aromatic N) is 1. The zero-order valence-corrected chi connectivity index (χ0v) is 15.4. The SMILES string of the molecule is C=C(O[Si](C)(C)C)c1cn([Si](C)(C)C)c2ccccc12. The van der Waals surface area contributed by atoms with Gasteiger partial charge in [-0.15, -0.1) is 0 Å². The predicted octanol–water partition coefficient (Wildman–Crippen LogP) is 5.15. The highest BCUT2D eigenvalue weighted by molar-refractivity contribution is 6.75. The molecule has 0 bridgehead atoms. The Kier molecular flexibility index (Phi) is 3.73. The maximum absolute atomic E-state index is 6.10. The number of para-hydroxylation sites is 1. The van der Waals surface area contributed by atoms with Crippen LogP contribution in [0.5, 0.6) is 0 Å². The van der Waals surface area contributed by atoms with Gasteiger partial charge in [-0.25, -0.2) is 0 Å². The first-order chi connectivity index (χ1) is 9.09. The van der Waals surface area contributed by atoms with E-state index < -0.39 is 16.6 Å². The van der Waals surface area contributed by atoms with Gasteiger partial charge in [0.25, 0.3) is 0 Å². The smallest absolute Gasteiger partial charge is 0.242 e. The Hall–Kier alpha value is -1.27. The lowest BCUT2D eigenvalue weighted by atomic mass is 10.1. The fraction of sp³-hybridized carbons (Fsp3) is 0.375. The van der Waals surface area contributed by atoms with Crippen molar-refractivity contribution < 1.29 is 4.43 Å². The number of rotatable bonds is 4. The molecule has 0 radical (unpaired) electrons. The van der Waals surface area contributed by atoms with Crippen molar-refractivity contribution in [3.8, 4) is 0 Å². The minimum absolute atomic E-state index is 0.817. The summed E-state index contributed by atoms with van der Waals surface area (Å²) < 4.78 is 8.55. The van der Waals surface area contributed by atoms with Crippen LogP contribution in [0.4, 0.5) is 0 Å². The summed E-state index contributed by atoms with van der Waals surface area (Å²) in [5.74, 6) is 0.817. The molecule has 0 amide bonds.